The largest absolute Gasteiger partial charge is 0.0873 e. The maximum atomic E-state index is 2.44. The molecule has 0 radical (unpaired) electrons. The fraction of sp³-hybridized carbons (Fsp3) is 0.143. The Bertz CT molecular complexity index is 901. The first-order valence-corrected chi connectivity index (χ1v) is 7.69. The third-order valence-corrected chi connectivity index (χ3v) is 5.17. The van der Waals surface area contributed by atoms with Crippen molar-refractivity contribution in [2.24, 2.45) is 0 Å². The van der Waals surface area contributed by atoms with Crippen molar-refractivity contribution in [3.05, 3.63) is 83.9 Å². The molecule has 0 bridgehead atoms. The van der Waals surface area contributed by atoms with Crippen LogP contribution in [0.25, 0.3) is 21.9 Å². The van der Waals surface area contributed by atoms with Gasteiger partial charge in [0, 0.05) is 5.41 Å². The molecule has 2 aliphatic rings. The zero-order valence-electron chi connectivity index (χ0n) is 11.8. The van der Waals surface area contributed by atoms with E-state index in [4.69, 9.17) is 0 Å². The Morgan fingerprint density at radius 2 is 1.48 bits per heavy atom. The maximum Gasteiger partial charge on any atom is 0.0397 e. The molecule has 0 heteroatoms. The SMILES string of the molecule is C1=CC2(CC1)c1ccccc1-c1cc3ccccc3cc12. The highest BCUT2D eigenvalue weighted by Crippen LogP contribution is 2.54. The van der Waals surface area contributed by atoms with Gasteiger partial charge in [-0.05, 0) is 58.0 Å². The van der Waals surface area contributed by atoms with Crippen molar-refractivity contribution in [2.45, 2.75) is 18.3 Å². The van der Waals surface area contributed by atoms with Crippen molar-refractivity contribution in [1.82, 2.24) is 0 Å². The Balaban J connectivity index is 1.94. The topological polar surface area (TPSA) is 0 Å². The van der Waals surface area contributed by atoms with E-state index in [0.717, 1.165) is 0 Å². The zero-order chi connectivity index (χ0) is 13.9. The lowest BCUT2D eigenvalue weighted by Crippen LogP contribution is -2.19. The van der Waals surface area contributed by atoms with E-state index in [0.29, 0.717) is 0 Å². The van der Waals surface area contributed by atoms with Crippen LogP contribution in [-0.2, 0) is 5.41 Å². The van der Waals surface area contributed by atoms with Gasteiger partial charge in [-0.3, -0.25) is 0 Å². The Morgan fingerprint density at radius 3 is 2.29 bits per heavy atom. The fourth-order valence-electron chi connectivity index (χ4n) is 4.21. The van der Waals surface area contributed by atoms with Gasteiger partial charge in [0.2, 0.25) is 0 Å². The van der Waals surface area contributed by atoms with Crippen LogP contribution < -0.4 is 0 Å². The maximum absolute atomic E-state index is 2.44. The van der Waals surface area contributed by atoms with E-state index in [1.807, 2.05) is 0 Å². The standard InChI is InChI=1S/C21H16/c1-2-8-16-14-20-18(13-15(16)7-1)17-9-3-4-10-19(17)21(20)11-5-6-12-21/h1-5,7-11,13-14H,6,12H2. The molecule has 1 unspecified atom stereocenters. The summed E-state index contributed by atoms with van der Waals surface area (Å²) >= 11 is 0. The van der Waals surface area contributed by atoms with Crippen LogP contribution in [0, 0.1) is 0 Å². The Labute approximate surface area is 124 Å². The number of benzene rings is 3. The van der Waals surface area contributed by atoms with Gasteiger partial charge < -0.3 is 0 Å². The summed E-state index contributed by atoms with van der Waals surface area (Å²) in [5, 5.41) is 2.69. The van der Waals surface area contributed by atoms with Crippen molar-refractivity contribution in [3.63, 3.8) is 0 Å². The van der Waals surface area contributed by atoms with Crippen LogP contribution in [0.2, 0.25) is 0 Å². The summed E-state index contributed by atoms with van der Waals surface area (Å²) in [6.45, 7) is 0. The van der Waals surface area contributed by atoms with Crippen LogP contribution in [0.15, 0.2) is 72.8 Å². The normalized spacial score (nSPS) is 21.9. The number of hydrogen-bond acceptors (Lipinski definition) is 0. The van der Waals surface area contributed by atoms with Crippen molar-refractivity contribution < 1.29 is 0 Å². The molecule has 2 aliphatic carbocycles. The molecule has 0 amide bonds. The van der Waals surface area contributed by atoms with Gasteiger partial charge in [0.15, 0.2) is 0 Å². The van der Waals surface area contributed by atoms with E-state index in [-0.39, 0.29) is 5.41 Å². The smallest absolute Gasteiger partial charge is 0.0397 e. The number of allylic oxidation sites excluding steroid dienone is 2. The van der Waals surface area contributed by atoms with Crippen molar-refractivity contribution in [1.29, 1.82) is 0 Å². The van der Waals surface area contributed by atoms with E-state index in [1.165, 1.54) is 45.9 Å². The second-order valence-electron chi connectivity index (χ2n) is 6.20. The molecule has 100 valence electrons. The molecular weight excluding hydrogens is 252 g/mol. The lowest BCUT2D eigenvalue weighted by Gasteiger charge is -2.25. The fourth-order valence-corrected chi connectivity index (χ4v) is 4.21. The summed E-state index contributed by atoms with van der Waals surface area (Å²) in [5.74, 6) is 0. The van der Waals surface area contributed by atoms with Crippen LogP contribution in [0.3, 0.4) is 0 Å². The highest BCUT2D eigenvalue weighted by atomic mass is 14.4. The lowest BCUT2D eigenvalue weighted by molar-refractivity contribution is 0.640. The van der Waals surface area contributed by atoms with E-state index in [9.17, 15) is 0 Å². The van der Waals surface area contributed by atoms with Crippen LogP contribution in [0.5, 0.6) is 0 Å². The molecule has 0 saturated heterocycles. The van der Waals surface area contributed by atoms with E-state index >= 15 is 0 Å². The van der Waals surface area contributed by atoms with Gasteiger partial charge in [-0.25, -0.2) is 0 Å². The minimum absolute atomic E-state index is 0.121. The number of fused-ring (bicyclic) bond motifs is 6. The molecule has 5 rings (SSSR count). The summed E-state index contributed by atoms with van der Waals surface area (Å²) in [4.78, 5) is 0. The molecule has 0 heterocycles. The summed E-state index contributed by atoms with van der Waals surface area (Å²) in [5.41, 5.74) is 5.96. The molecule has 1 spiro atoms. The summed E-state index contributed by atoms with van der Waals surface area (Å²) < 4.78 is 0. The average molecular weight is 268 g/mol. The summed E-state index contributed by atoms with van der Waals surface area (Å²) in [7, 11) is 0. The molecule has 0 saturated carbocycles. The van der Waals surface area contributed by atoms with Crippen LogP contribution in [0.1, 0.15) is 24.0 Å². The second-order valence-corrected chi connectivity index (χ2v) is 6.20. The van der Waals surface area contributed by atoms with E-state index < -0.39 is 0 Å². The Morgan fingerprint density at radius 1 is 0.714 bits per heavy atom. The van der Waals surface area contributed by atoms with Crippen molar-refractivity contribution >= 4 is 10.8 Å². The molecule has 3 aromatic rings. The first kappa shape index (κ1) is 11.3. The Kier molecular flexibility index (Phi) is 2.08. The average Bonchev–Trinajstić information content (AvgIpc) is 3.13. The predicted octanol–water partition coefficient (Wildman–Crippen LogP) is 5.46. The van der Waals surface area contributed by atoms with Gasteiger partial charge in [-0.1, -0.05) is 60.7 Å². The van der Waals surface area contributed by atoms with E-state index in [2.05, 4.69) is 72.8 Å². The molecule has 21 heavy (non-hydrogen) atoms. The quantitative estimate of drug-likeness (QED) is 0.475. The highest BCUT2D eigenvalue weighted by molar-refractivity contribution is 5.94. The first-order valence-electron chi connectivity index (χ1n) is 7.69. The molecule has 0 aliphatic heterocycles. The predicted molar refractivity (Wildman–Crippen MR) is 88.5 cm³/mol. The van der Waals surface area contributed by atoms with Gasteiger partial charge in [-0.2, -0.15) is 0 Å². The molecule has 0 nitrogen and oxygen atoms in total. The monoisotopic (exact) mass is 268 g/mol. The van der Waals surface area contributed by atoms with Crippen LogP contribution in [-0.4, -0.2) is 0 Å². The Hall–Kier alpha value is -2.34. The molecule has 3 aromatic carbocycles. The minimum Gasteiger partial charge on any atom is -0.0873 e. The van der Waals surface area contributed by atoms with Crippen LogP contribution >= 0.6 is 0 Å². The minimum atomic E-state index is 0.121. The summed E-state index contributed by atoms with van der Waals surface area (Å²) in [6, 6.07) is 22.4. The van der Waals surface area contributed by atoms with Gasteiger partial charge >= 0.3 is 0 Å². The second kappa shape index (κ2) is 3.85. The van der Waals surface area contributed by atoms with E-state index in [1.54, 1.807) is 0 Å². The van der Waals surface area contributed by atoms with Crippen molar-refractivity contribution in [2.75, 3.05) is 0 Å². The van der Waals surface area contributed by atoms with Gasteiger partial charge in [0.25, 0.3) is 0 Å². The van der Waals surface area contributed by atoms with Gasteiger partial charge in [0.05, 0.1) is 0 Å². The molecule has 1 atom stereocenters. The number of hydrogen-bond donors (Lipinski definition) is 0. The van der Waals surface area contributed by atoms with Gasteiger partial charge in [0.1, 0.15) is 0 Å². The zero-order valence-corrected chi connectivity index (χ0v) is 11.8. The van der Waals surface area contributed by atoms with Gasteiger partial charge in [-0.15, -0.1) is 0 Å². The molecule has 0 fully saturated rings. The third kappa shape index (κ3) is 1.35. The molecule has 0 aromatic heterocycles. The summed E-state index contributed by atoms with van der Waals surface area (Å²) in [6.07, 6.45) is 7.17. The third-order valence-electron chi connectivity index (χ3n) is 5.17. The van der Waals surface area contributed by atoms with Crippen molar-refractivity contribution in [3.8, 4) is 11.1 Å². The number of rotatable bonds is 0. The lowest BCUT2D eigenvalue weighted by atomic mass is 9.77. The first-order chi connectivity index (χ1) is 10.4. The highest BCUT2D eigenvalue weighted by Gasteiger charge is 2.42. The molecular formula is C21H16. The van der Waals surface area contributed by atoms with Crippen LogP contribution in [0.4, 0.5) is 0 Å². The molecule has 0 N–H and O–H groups in total.